The lowest BCUT2D eigenvalue weighted by Gasteiger charge is -2.33. The second-order valence-corrected chi connectivity index (χ2v) is 6.75. The molecule has 0 aliphatic carbocycles. The van der Waals surface area contributed by atoms with Gasteiger partial charge in [0, 0.05) is 18.5 Å². The molecule has 0 saturated heterocycles. The second kappa shape index (κ2) is 7.13. The number of nitrogens with zero attached hydrogens (tertiary/aromatic N) is 2. The number of alkyl halides is 3. The molecule has 0 unspecified atom stereocenters. The molecule has 0 fully saturated rings. The number of rotatable bonds is 4. The van der Waals surface area contributed by atoms with Crippen molar-refractivity contribution < 1.29 is 22.7 Å². The van der Waals surface area contributed by atoms with Gasteiger partial charge in [0.2, 0.25) is 0 Å². The summed E-state index contributed by atoms with van der Waals surface area (Å²) in [5.41, 5.74) is 0.654. The van der Waals surface area contributed by atoms with E-state index in [1.165, 1.54) is 13.2 Å². The highest BCUT2D eigenvalue weighted by atomic mass is 19.4. The minimum absolute atomic E-state index is 0.0455. The van der Waals surface area contributed by atoms with Crippen LogP contribution in [0.25, 0.3) is 0 Å². The van der Waals surface area contributed by atoms with Gasteiger partial charge in [-0.25, -0.2) is 4.68 Å². The summed E-state index contributed by atoms with van der Waals surface area (Å²) in [7, 11) is 1.52. The molecule has 0 spiro atoms. The highest BCUT2D eigenvalue weighted by Gasteiger charge is 2.46. The van der Waals surface area contributed by atoms with Crippen LogP contribution < -0.4 is 15.4 Å². The number of hydrogen-bond acceptors (Lipinski definition) is 4. The van der Waals surface area contributed by atoms with E-state index >= 15 is 0 Å². The zero-order chi connectivity index (χ0) is 19.8. The maximum absolute atomic E-state index is 13.6. The van der Waals surface area contributed by atoms with Crippen molar-refractivity contribution in [1.82, 2.24) is 15.1 Å². The Kier molecular flexibility index (Phi) is 5.03. The van der Waals surface area contributed by atoms with Gasteiger partial charge in [0.05, 0.1) is 13.2 Å². The molecule has 6 nitrogen and oxygen atoms in total. The lowest BCUT2D eigenvalue weighted by Crippen LogP contribution is -2.36. The third kappa shape index (κ3) is 4.01. The number of carbonyl (C=O) groups is 1. The molecule has 2 N–H and O–H groups in total. The minimum Gasteiger partial charge on any atom is -0.497 e. The molecule has 3 rings (SSSR count). The topological polar surface area (TPSA) is 68.2 Å². The molecule has 2 aromatic rings. The number of anilines is 1. The smallest absolute Gasteiger partial charge is 0.410 e. The Morgan fingerprint density at radius 2 is 2.00 bits per heavy atom. The van der Waals surface area contributed by atoms with E-state index in [0.717, 1.165) is 4.68 Å². The number of carbonyl (C=O) groups excluding carboxylic acids is 1. The first kappa shape index (κ1) is 19.1. The maximum atomic E-state index is 13.6. The predicted octanol–water partition coefficient (Wildman–Crippen LogP) is 3.69. The third-order valence-corrected chi connectivity index (χ3v) is 4.36. The van der Waals surface area contributed by atoms with Crippen LogP contribution in [0.1, 0.15) is 48.4 Å². The van der Waals surface area contributed by atoms with Crippen molar-refractivity contribution in [2.75, 3.05) is 12.4 Å². The number of methoxy groups -OCH3 is 1. The van der Waals surface area contributed by atoms with Crippen molar-refractivity contribution in [3.05, 3.63) is 41.6 Å². The second-order valence-electron chi connectivity index (χ2n) is 6.75. The summed E-state index contributed by atoms with van der Waals surface area (Å²) in [6, 6.07) is 5.68. The predicted molar refractivity (Wildman–Crippen MR) is 93.9 cm³/mol. The Morgan fingerprint density at radius 1 is 1.33 bits per heavy atom. The number of nitrogens with one attached hydrogen (secondary N) is 2. The summed E-state index contributed by atoms with van der Waals surface area (Å²) in [5, 5.41) is 9.61. The summed E-state index contributed by atoms with van der Waals surface area (Å²) in [6.07, 6.45) is -4.71. The van der Waals surface area contributed by atoms with Crippen LogP contribution >= 0.6 is 0 Å². The molecule has 0 radical (unpaired) electrons. The average Bonchev–Trinajstić information content (AvgIpc) is 3.03. The van der Waals surface area contributed by atoms with Gasteiger partial charge in [0.25, 0.3) is 5.91 Å². The largest absolute Gasteiger partial charge is 0.497 e. The van der Waals surface area contributed by atoms with E-state index in [2.05, 4.69) is 15.7 Å². The van der Waals surface area contributed by atoms with Gasteiger partial charge in [-0.2, -0.15) is 18.3 Å². The first-order valence-electron chi connectivity index (χ1n) is 8.56. The first-order chi connectivity index (χ1) is 12.7. The zero-order valence-electron chi connectivity index (χ0n) is 15.2. The average molecular weight is 382 g/mol. The Bertz CT molecular complexity index is 815. The van der Waals surface area contributed by atoms with E-state index in [1.54, 1.807) is 38.1 Å². The van der Waals surface area contributed by atoms with Crippen molar-refractivity contribution in [2.45, 2.75) is 44.6 Å². The number of hydrogen-bond donors (Lipinski definition) is 2. The van der Waals surface area contributed by atoms with E-state index < -0.39 is 24.2 Å². The molecule has 2 atom stereocenters. The Morgan fingerprint density at radius 3 is 2.56 bits per heavy atom. The fourth-order valence-electron chi connectivity index (χ4n) is 3.08. The van der Waals surface area contributed by atoms with Crippen LogP contribution in [0.3, 0.4) is 0 Å². The van der Waals surface area contributed by atoms with E-state index in [1.807, 2.05) is 0 Å². The number of halogens is 3. The van der Waals surface area contributed by atoms with Crippen LogP contribution in [0, 0.1) is 0 Å². The zero-order valence-corrected chi connectivity index (χ0v) is 15.2. The lowest BCUT2D eigenvalue weighted by atomic mass is 9.97. The summed E-state index contributed by atoms with van der Waals surface area (Å²) < 4.78 is 46.9. The molecule has 1 aromatic carbocycles. The number of ether oxygens (including phenoxy) is 1. The van der Waals surface area contributed by atoms with E-state index in [-0.39, 0.29) is 24.0 Å². The monoisotopic (exact) mass is 382 g/mol. The van der Waals surface area contributed by atoms with E-state index in [0.29, 0.717) is 11.3 Å². The molecule has 1 amide bonds. The van der Waals surface area contributed by atoms with Gasteiger partial charge in [-0.1, -0.05) is 12.1 Å². The summed E-state index contributed by atoms with van der Waals surface area (Å²) in [6.45, 7) is 3.54. The molecule has 146 valence electrons. The molecular formula is C18H21F3N4O2. The number of aromatic nitrogens is 2. The van der Waals surface area contributed by atoms with Crippen LogP contribution in [0.5, 0.6) is 5.75 Å². The van der Waals surface area contributed by atoms with Gasteiger partial charge in [0.15, 0.2) is 11.7 Å². The standard InChI is InChI=1S/C18H21F3N4O2/c1-10(2)22-17(26)14-9-16-23-13(11-4-6-12(27-3)7-5-11)8-15(18(19,20)21)25(16)24-14/h4-7,9-10,13,15,23H,8H2,1-3H3,(H,22,26)/t13-,15-/m1/s1. The summed E-state index contributed by atoms with van der Waals surface area (Å²) in [4.78, 5) is 12.1. The molecule has 1 aliphatic rings. The Balaban J connectivity index is 1.94. The van der Waals surface area contributed by atoms with Gasteiger partial charge < -0.3 is 15.4 Å². The van der Waals surface area contributed by atoms with Crippen LogP contribution in [0.4, 0.5) is 19.0 Å². The SMILES string of the molecule is COc1ccc([C@H]2C[C@H](C(F)(F)F)n3nc(C(=O)NC(C)C)cc3N2)cc1. The van der Waals surface area contributed by atoms with Crippen molar-refractivity contribution in [3.8, 4) is 5.75 Å². The Hall–Kier alpha value is -2.71. The highest BCUT2D eigenvalue weighted by Crippen LogP contribution is 2.43. The molecule has 9 heteroatoms. The van der Waals surface area contributed by atoms with Gasteiger partial charge in [-0.05, 0) is 31.5 Å². The van der Waals surface area contributed by atoms with E-state index in [4.69, 9.17) is 4.74 Å². The van der Waals surface area contributed by atoms with Gasteiger partial charge >= 0.3 is 6.18 Å². The van der Waals surface area contributed by atoms with Gasteiger partial charge in [0.1, 0.15) is 11.6 Å². The quantitative estimate of drug-likeness (QED) is 0.846. The van der Waals surface area contributed by atoms with Crippen LogP contribution in [0.2, 0.25) is 0 Å². The molecule has 1 aromatic heterocycles. The minimum atomic E-state index is -4.49. The highest BCUT2D eigenvalue weighted by molar-refractivity contribution is 5.93. The van der Waals surface area contributed by atoms with Crippen LogP contribution in [-0.4, -0.2) is 35.0 Å². The van der Waals surface area contributed by atoms with Crippen LogP contribution in [0.15, 0.2) is 30.3 Å². The number of fused-ring (bicyclic) bond motifs is 1. The normalized spacial score (nSPS) is 19.4. The molecule has 27 heavy (non-hydrogen) atoms. The molecule has 1 aliphatic heterocycles. The fourth-order valence-corrected chi connectivity index (χ4v) is 3.08. The fraction of sp³-hybridized carbons (Fsp3) is 0.444. The van der Waals surface area contributed by atoms with Crippen molar-refractivity contribution in [3.63, 3.8) is 0 Å². The van der Waals surface area contributed by atoms with Crippen molar-refractivity contribution >= 4 is 11.7 Å². The first-order valence-corrected chi connectivity index (χ1v) is 8.56. The molecule has 2 heterocycles. The lowest BCUT2D eigenvalue weighted by molar-refractivity contribution is -0.173. The van der Waals surface area contributed by atoms with E-state index in [9.17, 15) is 18.0 Å². The van der Waals surface area contributed by atoms with Crippen molar-refractivity contribution in [1.29, 1.82) is 0 Å². The Labute approximate surface area is 154 Å². The van der Waals surface area contributed by atoms with Gasteiger partial charge in [-0.3, -0.25) is 4.79 Å². The maximum Gasteiger partial charge on any atom is 0.410 e. The summed E-state index contributed by atoms with van der Waals surface area (Å²) >= 11 is 0. The molecule has 0 bridgehead atoms. The third-order valence-electron chi connectivity index (χ3n) is 4.36. The van der Waals surface area contributed by atoms with Crippen molar-refractivity contribution in [2.24, 2.45) is 0 Å². The van der Waals surface area contributed by atoms with Gasteiger partial charge in [-0.15, -0.1) is 0 Å². The molecule has 0 saturated carbocycles. The summed E-state index contributed by atoms with van der Waals surface area (Å²) in [5.74, 6) is 0.286. The molecular weight excluding hydrogens is 361 g/mol. The van der Waals surface area contributed by atoms with Crippen LogP contribution in [-0.2, 0) is 0 Å². The number of benzene rings is 1. The number of amides is 1.